The Morgan fingerprint density at radius 3 is 2.52 bits per heavy atom. The van der Waals surface area contributed by atoms with Crippen molar-refractivity contribution in [2.24, 2.45) is 0 Å². The second-order valence-electron chi connectivity index (χ2n) is 8.13. The van der Waals surface area contributed by atoms with Crippen molar-refractivity contribution in [3.8, 4) is 11.5 Å². The first-order chi connectivity index (χ1) is 15.8. The summed E-state index contributed by atoms with van der Waals surface area (Å²) in [5.74, 6) is -1.20. The standard InChI is InChI=1S/C24H30N2O7/c1-5-6-7-11-33-24(28)21-14(2)25-16-9-8-10-18(27)23(16)22(21)15-12-19(31-3)20(32-4)13-17(15)26(29)30/h12-13,22,25H,5-11H2,1-4H3/t22-/m0/s1. The van der Waals surface area contributed by atoms with E-state index in [9.17, 15) is 19.7 Å². The maximum absolute atomic E-state index is 13.2. The molecule has 0 amide bonds. The lowest BCUT2D eigenvalue weighted by Crippen LogP contribution is -2.34. The van der Waals surface area contributed by atoms with Crippen molar-refractivity contribution < 1.29 is 28.7 Å². The molecule has 0 spiro atoms. The third-order valence-corrected chi connectivity index (χ3v) is 6.02. The number of ether oxygens (including phenoxy) is 3. The van der Waals surface area contributed by atoms with Gasteiger partial charge in [-0.25, -0.2) is 4.79 Å². The molecule has 1 heterocycles. The predicted molar refractivity (Wildman–Crippen MR) is 121 cm³/mol. The maximum atomic E-state index is 13.2. The van der Waals surface area contributed by atoms with Gasteiger partial charge >= 0.3 is 5.97 Å². The molecule has 1 aliphatic carbocycles. The number of methoxy groups -OCH3 is 2. The van der Waals surface area contributed by atoms with Crippen molar-refractivity contribution in [1.29, 1.82) is 0 Å². The van der Waals surface area contributed by atoms with Gasteiger partial charge in [0, 0.05) is 29.0 Å². The second-order valence-corrected chi connectivity index (χ2v) is 8.13. The minimum atomic E-state index is -0.937. The number of hydrogen-bond acceptors (Lipinski definition) is 8. The number of ketones is 1. The molecule has 0 saturated heterocycles. The number of carbonyl (C=O) groups excluding carboxylic acids is 2. The highest BCUT2D eigenvalue weighted by atomic mass is 16.6. The molecule has 178 valence electrons. The average molecular weight is 459 g/mol. The summed E-state index contributed by atoms with van der Waals surface area (Å²) in [6.45, 7) is 4.02. The Morgan fingerprint density at radius 1 is 1.18 bits per heavy atom. The van der Waals surface area contributed by atoms with Crippen LogP contribution in [0.4, 0.5) is 5.69 Å². The van der Waals surface area contributed by atoms with Crippen LogP contribution in [0, 0.1) is 10.1 Å². The monoisotopic (exact) mass is 458 g/mol. The molecule has 0 fully saturated rings. The highest BCUT2D eigenvalue weighted by Gasteiger charge is 2.42. The molecular formula is C24H30N2O7. The van der Waals surface area contributed by atoms with Crippen molar-refractivity contribution in [2.75, 3.05) is 20.8 Å². The molecule has 1 aromatic carbocycles. The summed E-state index contributed by atoms with van der Waals surface area (Å²) in [6.07, 6.45) is 4.23. The molecule has 3 rings (SSSR count). The van der Waals surface area contributed by atoms with Gasteiger partial charge < -0.3 is 19.5 Å². The molecule has 1 atom stereocenters. The highest BCUT2D eigenvalue weighted by molar-refractivity contribution is 6.04. The van der Waals surface area contributed by atoms with Crippen LogP contribution in [0.15, 0.2) is 34.7 Å². The van der Waals surface area contributed by atoms with E-state index in [0.717, 1.165) is 19.3 Å². The van der Waals surface area contributed by atoms with Crippen molar-refractivity contribution in [3.05, 3.63) is 50.4 Å². The van der Waals surface area contributed by atoms with E-state index in [1.165, 1.54) is 26.4 Å². The quantitative estimate of drug-likeness (QED) is 0.252. The van der Waals surface area contributed by atoms with Gasteiger partial charge in [-0.05, 0) is 32.3 Å². The van der Waals surface area contributed by atoms with Gasteiger partial charge in [-0.3, -0.25) is 14.9 Å². The zero-order valence-corrected chi connectivity index (χ0v) is 19.5. The number of benzene rings is 1. The SMILES string of the molecule is CCCCCOC(=O)C1=C(C)NC2=C(C(=O)CCC2)[C@H]1c1cc(OC)c(OC)cc1[N+](=O)[O-]. The molecule has 33 heavy (non-hydrogen) atoms. The van der Waals surface area contributed by atoms with E-state index < -0.39 is 16.8 Å². The number of carbonyl (C=O) groups is 2. The third-order valence-electron chi connectivity index (χ3n) is 6.02. The summed E-state index contributed by atoms with van der Waals surface area (Å²) in [6, 6.07) is 2.75. The lowest BCUT2D eigenvalue weighted by molar-refractivity contribution is -0.385. The van der Waals surface area contributed by atoms with E-state index in [1.54, 1.807) is 6.92 Å². The molecule has 1 aromatic rings. The lowest BCUT2D eigenvalue weighted by atomic mass is 9.74. The Bertz CT molecular complexity index is 1030. The number of allylic oxidation sites excluding steroid dienone is 3. The first-order valence-electron chi connectivity index (χ1n) is 11.1. The third kappa shape index (κ3) is 4.86. The first kappa shape index (κ1) is 24.3. The van der Waals surface area contributed by atoms with E-state index in [2.05, 4.69) is 12.2 Å². The van der Waals surface area contributed by atoms with Gasteiger partial charge in [0.15, 0.2) is 17.3 Å². The lowest BCUT2D eigenvalue weighted by Gasteiger charge is -2.34. The molecule has 9 nitrogen and oxygen atoms in total. The minimum Gasteiger partial charge on any atom is -0.493 e. The van der Waals surface area contributed by atoms with Crippen LogP contribution in [-0.2, 0) is 14.3 Å². The average Bonchev–Trinajstić information content (AvgIpc) is 2.80. The topological polar surface area (TPSA) is 117 Å². The molecule has 0 aromatic heterocycles. The molecule has 0 bridgehead atoms. The Hall–Kier alpha value is -3.36. The van der Waals surface area contributed by atoms with Crippen LogP contribution in [0.1, 0.15) is 63.9 Å². The van der Waals surface area contributed by atoms with Gasteiger partial charge in [0.1, 0.15) is 0 Å². The number of nitrogens with zero attached hydrogens (tertiary/aromatic N) is 1. The van der Waals surface area contributed by atoms with Crippen molar-refractivity contribution in [2.45, 2.75) is 58.3 Å². The van der Waals surface area contributed by atoms with Crippen molar-refractivity contribution in [3.63, 3.8) is 0 Å². The molecule has 0 unspecified atom stereocenters. The number of rotatable bonds is 9. The van der Waals surface area contributed by atoms with Crippen molar-refractivity contribution >= 4 is 17.4 Å². The number of Topliss-reactive ketones (excluding diaryl/α,β-unsaturated/α-hetero) is 1. The normalized spacial score (nSPS) is 17.9. The minimum absolute atomic E-state index is 0.137. The predicted octanol–water partition coefficient (Wildman–Crippen LogP) is 4.31. The van der Waals surface area contributed by atoms with Crippen LogP contribution >= 0.6 is 0 Å². The molecule has 0 radical (unpaired) electrons. The van der Waals surface area contributed by atoms with E-state index in [1.807, 2.05) is 0 Å². The largest absolute Gasteiger partial charge is 0.493 e. The summed E-state index contributed by atoms with van der Waals surface area (Å²) in [5.41, 5.74) is 1.74. The van der Waals surface area contributed by atoms with Crippen LogP contribution in [-0.4, -0.2) is 37.5 Å². The van der Waals surface area contributed by atoms with Crippen LogP contribution in [0.3, 0.4) is 0 Å². The zero-order chi connectivity index (χ0) is 24.1. The van der Waals surface area contributed by atoms with E-state index in [0.29, 0.717) is 36.2 Å². The number of nitrogens with one attached hydrogen (secondary N) is 1. The highest BCUT2D eigenvalue weighted by Crippen LogP contribution is 2.48. The number of esters is 1. The van der Waals surface area contributed by atoms with Gasteiger partial charge in [-0.2, -0.15) is 0 Å². The molecular weight excluding hydrogens is 428 g/mol. The number of nitro benzene ring substituents is 1. The van der Waals surface area contributed by atoms with E-state index in [-0.39, 0.29) is 40.7 Å². The molecule has 9 heteroatoms. The molecule has 0 saturated carbocycles. The van der Waals surface area contributed by atoms with Gasteiger partial charge in [-0.1, -0.05) is 19.8 Å². The Balaban J connectivity index is 2.19. The molecule has 2 aliphatic rings. The van der Waals surface area contributed by atoms with Crippen LogP contribution in [0.2, 0.25) is 0 Å². The van der Waals surface area contributed by atoms with Gasteiger partial charge in [0.25, 0.3) is 5.69 Å². The summed E-state index contributed by atoms with van der Waals surface area (Å²) in [5, 5.41) is 15.2. The maximum Gasteiger partial charge on any atom is 0.336 e. The Morgan fingerprint density at radius 2 is 1.88 bits per heavy atom. The summed E-state index contributed by atoms with van der Waals surface area (Å²) < 4.78 is 16.2. The van der Waals surface area contributed by atoms with E-state index >= 15 is 0 Å². The number of hydrogen-bond donors (Lipinski definition) is 1. The number of nitro groups is 1. The first-order valence-corrected chi connectivity index (χ1v) is 11.1. The van der Waals surface area contributed by atoms with E-state index in [4.69, 9.17) is 14.2 Å². The Kier molecular flexibility index (Phi) is 7.73. The number of unbranched alkanes of at least 4 members (excludes halogenated alkanes) is 2. The van der Waals surface area contributed by atoms with Gasteiger partial charge in [0.2, 0.25) is 0 Å². The summed E-state index contributed by atoms with van der Waals surface area (Å²) in [7, 11) is 2.82. The smallest absolute Gasteiger partial charge is 0.336 e. The zero-order valence-electron chi connectivity index (χ0n) is 19.5. The fraction of sp³-hybridized carbons (Fsp3) is 0.500. The molecule has 1 N–H and O–H groups in total. The van der Waals surface area contributed by atoms with Crippen LogP contribution in [0.5, 0.6) is 11.5 Å². The summed E-state index contributed by atoms with van der Waals surface area (Å²) >= 11 is 0. The Labute approximate surface area is 192 Å². The summed E-state index contributed by atoms with van der Waals surface area (Å²) in [4.78, 5) is 37.8. The van der Waals surface area contributed by atoms with Gasteiger partial charge in [-0.15, -0.1) is 0 Å². The van der Waals surface area contributed by atoms with Crippen molar-refractivity contribution in [1.82, 2.24) is 5.32 Å². The molecule has 1 aliphatic heterocycles. The van der Waals surface area contributed by atoms with Crippen LogP contribution in [0.25, 0.3) is 0 Å². The number of dihydropyridines is 1. The van der Waals surface area contributed by atoms with Gasteiger partial charge in [0.05, 0.1) is 43.3 Å². The van der Waals surface area contributed by atoms with Crippen LogP contribution < -0.4 is 14.8 Å². The fourth-order valence-electron chi connectivity index (χ4n) is 4.43. The second kappa shape index (κ2) is 10.5. The fourth-order valence-corrected chi connectivity index (χ4v) is 4.43.